The lowest BCUT2D eigenvalue weighted by atomic mass is 10.1. The topological polar surface area (TPSA) is 67.8 Å². The molecule has 0 bridgehead atoms. The number of carbonyl (C=O) groups is 1. The highest BCUT2D eigenvalue weighted by atomic mass is 16.5. The van der Waals surface area contributed by atoms with Crippen LogP contribution in [0.2, 0.25) is 0 Å². The molecule has 0 saturated heterocycles. The zero-order chi connectivity index (χ0) is 13.5. The van der Waals surface area contributed by atoms with E-state index in [4.69, 9.17) is 14.6 Å². The summed E-state index contributed by atoms with van der Waals surface area (Å²) in [7, 11) is 0. The van der Waals surface area contributed by atoms with Crippen LogP contribution in [-0.4, -0.2) is 50.6 Å². The Morgan fingerprint density at radius 3 is 2.44 bits per heavy atom. The lowest BCUT2D eigenvalue weighted by Crippen LogP contribution is -2.27. The maximum atomic E-state index is 11.4. The van der Waals surface area contributed by atoms with Gasteiger partial charge in [-0.3, -0.25) is 4.79 Å². The molecule has 5 heteroatoms. The number of hydrogen-bond acceptors (Lipinski definition) is 4. The fourth-order valence-electron chi connectivity index (χ4n) is 1.45. The lowest BCUT2D eigenvalue weighted by Gasteiger charge is -2.06. The predicted molar refractivity (Wildman–Crippen MR) is 70.5 cm³/mol. The zero-order valence-electron chi connectivity index (χ0n) is 11.5. The Bertz CT molecular complexity index is 188. The third-order valence-corrected chi connectivity index (χ3v) is 2.43. The molecular formula is C13H27NO4. The zero-order valence-corrected chi connectivity index (χ0v) is 11.5. The second kappa shape index (κ2) is 14.4. The summed E-state index contributed by atoms with van der Waals surface area (Å²) < 4.78 is 10.3. The molecular weight excluding hydrogens is 234 g/mol. The fraction of sp³-hybridized carbons (Fsp3) is 0.923. The van der Waals surface area contributed by atoms with Gasteiger partial charge in [-0.25, -0.2) is 0 Å². The van der Waals surface area contributed by atoms with Crippen molar-refractivity contribution < 1.29 is 19.4 Å². The highest BCUT2D eigenvalue weighted by molar-refractivity contribution is 5.75. The van der Waals surface area contributed by atoms with Crippen LogP contribution in [0, 0.1) is 0 Å². The molecule has 108 valence electrons. The molecule has 0 aliphatic carbocycles. The molecule has 0 fully saturated rings. The lowest BCUT2D eigenvalue weighted by molar-refractivity contribution is -0.121. The summed E-state index contributed by atoms with van der Waals surface area (Å²) in [5.41, 5.74) is 0. The fourth-order valence-corrected chi connectivity index (χ4v) is 1.45. The van der Waals surface area contributed by atoms with E-state index in [1.807, 2.05) is 0 Å². The van der Waals surface area contributed by atoms with Gasteiger partial charge in [-0.1, -0.05) is 26.2 Å². The van der Waals surface area contributed by atoms with Gasteiger partial charge in [0.25, 0.3) is 0 Å². The first-order valence-corrected chi connectivity index (χ1v) is 6.84. The standard InChI is InChI=1S/C13H27NO4/c1-2-3-4-5-6-13(16)14-7-9-17-11-12-18-10-8-15/h15H,2-12H2,1H3,(H,14,16). The Balaban J connectivity index is 3.10. The van der Waals surface area contributed by atoms with E-state index in [0.29, 0.717) is 39.4 Å². The average Bonchev–Trinajstić information content (AvgIpc) is 2.38. The molecule has 0 heterocycles. The number of amides is 1. The predicted octanol–water partition coefficient (Wildman–Crippen LogP) is 1.10. The molecule has 0 spiro atoms. The maximum Gasteiger partial charge on any atom is 0.220 e. The van der Waals surface area contributed by atoms with E-state index in [2.05, 4.69) is 12.2 Å². The summed E-state index contributed by atoms with van der Waals surface area (Å²) in [6, 6.07) is 0. The Hall–Kier alpha value is -0.650. The number of ether oxygens (including phenoxy) is 2. The minimum Gasteiger partial charge on any atom is -0.394 e. The van der Waals surface area contributed by atoms with Crippen molar-refractivity contribution in [3.8, 4) is 0 Å². The van der Waals surface area contributed by atoms with Crippen LogP contribution in [0.3, 0.4) is 0 Å². The summed E-state index contributed by atoms with van der Waals surface area (Å²) in [5.74, 6) is 0.103. The van der Waals surface area contributed by atoms with Crippen LogP contribution in [0.5, 0.6) is 0 Å². The average molecular weight is 261 g/mol. The van der Waals surface area contributed by atoms with Gasteiger partial charge in [0, 0.05) is 13.0 Å². The van der Waals surface area contributed by atoms with Gasteiger partial charge in [-0.15, -0.1) is 0 Å². The number of nitrogens with one attached hydrogen (secondary N) is 1. The number of aliphatic hydroxyl groups excluding tert-OH is 1. The van der Waals surface area contributed by atoms with Gasteiger partial charge in [0.1, 0.15) is 0 Å². The van der Waals surface area contributed by atoms with E-state index in [1.165, 1.54) is 12.8 Å². The van der Waals surface area contributed by atoms with Crippen molar-refractivity contribution in [2.24, 2.45) is 0 Å². The molecule has 2 N–H and O–H groups in total. The molecule has 5 nitrogen and oxygen atoms in total. The van der Waals surface area contributed by atoms with E-state index in [1.54, 1.807) is 0 Å². The van der Waals surface area contributed by atoms with Crippen molar-refractivity contribution in [3.63, 3.8) is 0 Å². The molecule has 0 aliphatic heterocycles. The first-order chi connectivity index (χ1) is 8.81. The van der Waals surface area contributed by atoms with Gasteiger partial charge in [0.15, 0.2) is 0 Å². The third-order valence-electron chi connectivity index (χ3n) is 2.43. The van der Waals surface area contributed by atoms with Crippen molar-refractivity contribution >= 4 is 5.91 Å². The summed E-state index contributed by atoms with van der Waals surface area (Å²) in [4.78, 5) is 11.4. The molecule has 0 aromatic carbocycles. The molecule has 0 rings (SSSR count). The highest BCUT2D eigenvalue weighted by Gasteiger charge is 1.99. The van der Waals surface area contributed by atoms with Crippen molar-refractivity contribution in [3.05, 3.63) is 0 Å². The van der Waals surface area contributed by atoms with Crippen LogP contribution in [0.25, 0.3) is 0 Å². The van der Waals surface area contributed by atoms with Gasteiger partial charge < -0.3 is 19.9 Å². The SMILES string of the molecule is CCCCCCC(=O)NCCOCCOCCO. The Labute approximate surface area is 110 Å². The molecule has 0 saturated carbocycles. The Kier molecular flexibility index (Phi) is 13.9. The minimum atomic E-state index is 0.0358. The van der Waals surface area contributed by atoms with E-state index in [-0.39, 0.29) is 12.5 Å². The second-order valence-electron chi connectivity index (χ2n) is 4.11. The summed E-state index contributed by atoms with van der Waals surface area (Å²) in [6.45, 7) is 4.56. The molecule has 0 radical (unpaired) electrons. The highest BCUT2D eigenvalue weighted by Crippen LogP contribution is 2.01. The monoisotopic (exact) mass is 261 g/mol. The summed E-state index contributed by atoms with van der Waals surface area (Å²) in [6.07, 6.45) is 5.09. The van der Waals surface area contributed by atoms with Crippen LogP contribution in [0.4, 0.5) is 0 Å². The normalized spacial score (nSPS) is 10.6. The number of hydrogen-bond donors (Lipinski definition) is 2. The summed E-state index contributed by atoms with van der Waals surface area (Å²) >= 11 is 0. The second-order valence-corrected chi connectivity index (χ2v) is 4.11. The number of carbonyl (C=O) groups excluding carboxylic acids is 1. The number of aliphatic hydroxyl groups is 1. The van der Waals surface area contributed by atoms with Crippen molar-refractivity contribution in [2.45, 2.75) is 39.0 Å². The van der Waals surface area contributed by atoms with Crippen molar-refractivity contribution in [1.82, 2.24) is 5.32 Å². The number of rotatable bonds is 13. The van der Waals surface area contributed by atoms with Crippen molar-refractivity contribution in [1.29, 1.82) is 0 Å². The number of unbranched alkanes of at least 4 members (excludes halogenated alkanes) is 3. The van der Waals surface area contributed by atoms with E-state index in [0.717, 1.165) is 12.8 Å². The van der Waals surface area contributed by atoms with E-state index >= 15 is 0 Å². The molecule has 0 aromatic heterocycles. The third kappa shape index (κ3) is 13.4. The van der Waals surface area contributed by atoms with Gasteiger partial charge in [0.05, 0.1) is 33.0 Å². The Morgan fingerprint density at radius 1 is 1.06 bits per heavy atom. The van der Waals surface area contributed by atoms with Gasteiger partial charge in [-0.05, 0) is 6.42 Å². The first-order valence-electron chi connectivity index (χ1n) is 6.84. The quantitative estimate of drug-likeness (QED) is 0.487. The first kappa shape index (κ1) is 17.4. The molecule has 0 aromatic rings. The van der Waals surface area contributed by atoms with E-state index in [9.17, 15) is 4.79 Å². The van der Waals surface area contributed by atoms with Gasteiger partial charge >= 0.3 is 0 Å². The minimum absolute atomic E-state index is 0.0358. The van der Waals surface area contributed by atoms with Crippen LogP contribution in [-0.2, 0) is 14.3 Å². The van der Waals surface area contributed by atoms with Crippen molar-refractivity contribution in [2.75, 3.05) is 39.6 Å². The van der Waals surface area contributed by atoms with Crippen LogP contribution in [0.1, 0.15) is 39.0 Å². The summed E-state index contributed by atoms with van der Waals surface area (Å²) in [5, 5.41) is 11.3. The molecule has 0 aliphatic rings. The van der Waals surface area contributed by atoms with Crippen LogP contribution >= 0.6 is 0 Å². The molecule has 0 atom stereocenters. The van der Waals surface area contributed by atoms with Crippen LogP contribution in [0.15, 0.2) is 0 Å². The molecule has 0 unspecified atom stereocenters. The smallest absolute Gasteiger partial charge is 0.220 e. The van der Waals surface area contributed by atoms with Gasteiger partial charge in [-0.2, -0.15) is 0 Å². The maximum absolute atomic E-state index is 11.4. The Morgan fingerprint density at radius 2 is 1.78 bits per heavy atom. The molecule has 1 amide bonds. The van der Waals surface area contributed by atoms with Crippen LogP contribution < -0.4 is 5.32 Å². The largest absolute Gasteiger partial charge is 0.394 e. The van der Waals surface area contributed by atoms with Gasteiger partial charge in [0.2, 0.25) is 5.91 Å². The van der Waals surface area contributed by atoms with E-state index < -0.39 is 0 Å². The molecule has 18 heavy (non-hydrogen) atoms.